The molecule has 0 bridgehead atoms. The SMILES string of the molecule is CCCCCCCN=C1CCCC(=O)/C1=C(/O)CCC(=O)OC. The van der Waals surface area contributed by atoms with Crippen LogP contribution in [0.25, 0.3) is 0 Å². The predicted octanol–water partition coefficient (Wildman–Crippen LogP) is 3.92. The number of allylic oxidation sites excluding steroid dienone is 2. The molecule has 1 N–H and O–H groups in total. The van der Waals surface area contributed by atoms with E-state index in [0.29, 0.717) is 24.3 Å². The van der Waals surface area contributed by atoms with Gasteiger partial charge in [-0.25, -0.2) is 0 Å². The normalized spacial score (nSPS) is 19.0. The van der Waals surface area contributed by atoms with Crippen molar-refractivity contribution in [2.24, 2.45) is 4.99 Å². The smallest absolute Gasteiger partial charge is 0.305 e. The lowest BCUT2D eigenvalue weighted by molar-refractivity contribution is -0.140. The van der Waals surface area contributed by atoms with E-state index in [-0.39, 0.29) is 24.4 Å². The van der Waals surface area contributed by atoms with Crippen LogP contribution in [0.4, 0.5) is 0 Å². The van der Waals surface area contributed by atoms with Crippen molar-refractivity contribution in [3.63, 3.8) is 0 Å². The molecule has 0 saturated heterocycles. The first-order valence-corrected chi connectivity index (χ1v) is 8.66. The molecule has 1 aliphatic carbocycles. The standard InChI is InChI=1S/C18H29NO4/c1-3-4-5-6-7-13-19-14-9-8-10-15(20)18(14)16(21)11-12-17(22)23-2/h21H,3-13H2,1-2H3/b18-16+,19-14?. The molecule has 0 aromatic heterocycles. The van der Waals surface area contributed by atoms with E-state index in [4.69, 9.17) is 0 Å². The Morgan fingerprint density at radius 2 is 1.91 bits per heavy atom. The molecule has 0 amide bonds. The lowest BCUT2D eigenvalue weighted by Gasteiger charge is -2.18. The Hall–Kier alpha value is -1.65. The van der Waals surface area contributed by atoms with Crippen LogP contribution in [0.1, 0.15) is 71.1 Å². The molecule has 0 spiro atoms. The third-order valence-electron chi connectivity index (χ3n) is 4.03. The Bertz CT molecular complexity index is 466. The predicted molar refractivity (Wildman–Crippen MR) is 90.8 cm³/mol. The number of esters is 1. The molecule has 5 heteroatoms. The number of aliphatic imine (C=N–C) groups is 1. The van der Waals surface area contributed by atoms with Gasteiger partial charge in [0.25, 0.3) is 0 Å². The van der Waals surface area contributed by atoms with E-state index in [1.807, 2.05) is 0 Å². The highest BCUT2D eigenvalue weighted by atomic mass is 16.5. The number of methoxy groups -OCH3 is 1. The molecular formula is C18H29NO4. The number of rotatable bonds is 9. The number of unbranched alkanes of at least 4 members (excludes halogenated alkanes) is 4. The van der Waals surface area contributed by atoms with Crippen molar-refractivity contribution in [1.29, 1.82) is 0 Å². The van der Waals surface area contributed by atoms with Crippen LogP contribution in [-0.4, -0.2) is 36.2 Å². The molecule has 5 nitrogen and oxygen atoms in total. The number of ether oxygens (including phenoxy) is 1. The molecule has 0 aromatic carbocycles. The minimum Gasteiger partial charge on any atom is -0.511 e. The fraction of sp³-hybridized carbons (Fsp3) is 0.722. The molecule has 0 aromatic rings. The van der Waals surface area contributed by atoms with Gasteiger partial charge in [0.05, 0.1) is 19.1 Å². The van der Waals surface area contributed by atoms with Crippen molar-refractivity contribution in [1.82, 2.24) is 0 Å². The largest absolute Gasteiger partial charge is 0.511 e. The molecule has 0 unspecified atom stereocenters. The van der Waals surface area contributed by atoms with Crippen molar-refractivity contribution in [3.05, 3.63) is 11.3 Å². The molecule has 1 rings (SSSR count). The van der Waals surface area contributed by atoms with Gasteiger partial charge in [0.1, 0.15) is 5.76 Å². The third kappa shape index (κ3) is 6.97. The van der Waals surface area contributed by atoms with Gasteiger partial charge in [-0.1, -0.05) is 32.6 Å². The fourth-order valence-electron chi connectivity index (χ4n) is 2.69. The topological polar surface area (TPSA) is 76.0 Å². The molecule has 130 valence electrons. The summed E-state index contributed by atoms with van der Waals surface area (Å²) in [7, 11) is 1.31. The summed E-state index contributed by atoms with van der Waals surface area (Å²) >= 11 is 0. The van der Waals surface area contributed by atoms with Gasteiger partial charge in [-0.2, -0.15) is 0 Å². The van der Waals surface area contributed by atoms with Gasteiger partial charge in [-0.05, 0) is 19.3 Å². The zero-order valence-electron chi connectivity index (χ0n) is 14.4. The van der Waals surface area contributed by atoms with Crippen LogP contribution >= 0.6 is 0 Å². The van der Waals surface area contributed by atoms with Crippen LogP contribution in [0.5, 0.6) is 0 Å². The van der Waals surface area contributed by atoms with Crippen LogP contribution in [-0.2, 0) is 14.3 Å². The van der Waals surface area contributed by atoms with Gasteiger partial charge in [0.2, 0.25) is 0 Å². The molecule has 0 radical (unpaired) electrons. The van der Waals surface area contributed by atoms with Crippen LogP contribution in [0.3, 0.4) is 0 Å². The summed E-state index contributed by atoms with van der Waals surface area (Å²) in [6.07, 6.45) is 7.96. The van der Waals surface area contributed by atoms with E-state index < -0.39 is 5.97 Å². The van der Waals surface area contributed by atoms with Gasteiger partial charge in [0, 0.05) is 25.1 Å². The van der Waals surface area contributed by atoms with Crippen LogP contribution in [0, 0.1) is 0 Å². The number of carbonyl (C=O) groups excluding carboxylic acids is 2. The highest BCUT2D eigenvalue weighted by Crippen LogP contribution is 2.23. The number of hydrogen-bond donors (Lipinski definition) is 1. The second kappa shape index (κ2) is 11.0. The number of hydrogen-bond acceptors (Lipinski definition) is 5. The molecule has 0 aliphatic heterocycles. The zero-order chi connectivity index (χ0) is 17.1. The van der Waals surface area contributed by atoms with Crippen LogP contribution in [0.2, 0.25) is 0 Å². The molecule has 1 fully saturated rings. The second-order valence-electron chi connectivity index (χ2n) is 5.92. The van der Waals surface area contributed by atoms with Crippen LogP contribution in [0.15, 0.2) is 16.3 Å². The number of carbonyl (C=O) groups is 2. The summed E-state index contributed by atoms with van der Waals surface area (Å²) in [5.41, 5.74) is 1.05. The van der Waals surface area contributed by atoms with Gasteiger partial charge in [-0.15, -0.1) is 0 Å². The maximum Gasteiger partial charge on any atom is 0.305 e. The van der Waals surface area contributed by atoms with E-state index in [9.17, 15) is 14.7 Å². The number of Topliss-reactive ketones (excluding diaryl/α,β-unsaturated/α-hetero) is 1. The summed E-state index contributed by atoms with van der Waals surface area (Å²) in [5.74, 6) is -0.483. The van der Waals surface area contributed by atoms with E-state index in [1.54, 1.807) is 0 Å². The third-order valence-corrected chi connectivity index (χ3v) is 4.03. The van der Waals surface area contributed by atoms with E-state index in [1.165, 1.54) is 26.4 Å². The number of aliphatic hydroxyl groups is 1. The second-order valence-corrected chi connectivity index (χ2v) is 5.92. The summed E-state index contributed by atoms with van der Waals surface area (Å²) in [5, 5.41) is 10.2. The zero-order valence-corrected chi connectivity index (χ0v) is 14.4. The van der Waals surface area contributed by atoms with Crippen molar-refractivity contribution in [3.8, 4) is 0 Å². The molecule has 0 heterocycles. The molecule has 1 saturated carbocycles. The number of ketones is 1. The van der Waals surface area contributed by atoms with E-state index >= 15 is 0 Å². The fourth-order valence-corrected chi connectivity index (χ4v) is 2.69. The average molecular weight is 323 g/mol. The van der Waals surface area contributed by atoms with Crippen molar-refractivity contribution in [2.75, 3.05) is 13.7 Å². The molecule has 23 heavy (non-hydrogen) atoms. The highest BCUT2D eigenvalue weighted by molar-refractivity contribution is 6.24. The molecule has 1 aliphatic rings. The Balaban J connectivity index is 2.66. The first-order valence-electron chi connectivity index (χ1n) is 8.66. The summed E-state index contributed by atoms with van der Waals surface area (Å²) in [6.45, 7) is 2.88. The molecular weight excluding hydrogens is 294 g/mol. The van der Waals surface area contributed by atoms with Gasteiger partial charge in [-0.3, -0.25) is 14.6 Å². The lowest BCUT2D eigenvalue weighted by Crippen LogP contribution is -2.22. The number of nitrogens with zero attached hydrogens (tertiary/aromatic N) is 1. The van der Waals surface area contributed by atoms with Gasteiger partial charge < -0.3 is 9.84 Å². The van der Waals surface area contributed by atoms with Crippen molar-refractivity contribution >= 4 is 17.5 Å². The Labute approximate surface area is 138 Å². The van der Waals surface area contributed by atoms with Crippen molar-refractivity contribution in [2.45, 2.75) is 71.1 Å². The van der Waals surface area contributed by atoms with E-state index in [2.05, 4.69) is 16.7 Å². The lowest BCUT2D eigenvalue weighted by atomic mass is 9.89. The minimum atomic E-state index is -0.394. The monoisotopic (exact) mass is 323 g/mol. The summed E-state index contributed by atoms with van der Waals surface area (Å²) in [4.78, 5) is 27.9. The Morgan fingerprint density at radius 1 is 1.17 bits per heavy atom. The van der Waals surface area contributed by atoms with Gasteiger partial charge >= 0.3 is 5.97 Å². The molecule has 0 atom stereocenters. The van der Waals surface area contributed by atoms with Gasteiger partial charge in [0.15, 0.2) is 5.78 Å². The number of aliphatic hydroxyl groups excluding tert-OH is 1. The average Bonchev–Trinajstić information content (AvgIpc) is 2.55. The Morgan fingerprint density at radius 3 is 2.61 bits per heavy atom. The first kappa shape index (κ1) is 19.4. The quantitative estimate of drug-likeness (QED) is 0.302. The Kier molecular flexibility index (Phi) is 9.25. The highest BCUT2D eigenvalue weighted by Gasteiger charge is 2.25. The minimum absolute atomic E-state index is 0.0233. The maximum atomic E-state index is 12.1. The maximum absolute atomic E-state index is 12.1. The van der Waals surface area contributed by atoms with E-state index in [0.717, 1.165) is 25.7 Å². The van der Waals surface area contributed by atoms with Crippen molar-refractivity contribution < 1.29 is 19.4 Å². The summed E-state index contributed by atoms with van der Waals surface area (Å²) < 4.78 is 4.57. The van der Waals surface area contributed by atoms with Crippen LogP contribution < -0.4 is 0 Å². The first-order chi connectivity index (χ1) is 11.1. The summed E-state index contributed by atoms with van der Waals surface area (Å²) in [6, 6.07) is 0.